The fourth-order valence-electron chi connectivity index (χ4n) is 6.89. The van der Waals surface area contributed by atoms with Crippen LogP contribution in [0.5, 0.6) is 0 Å². The van der Waals surface area contributed by atoms with Crippen molar-refractivity contribution in [2.75, 3.05) is 13.2 Å². The van der Waals surface area contributed by atoms with Gasteiger partial charge in [0.05, 0.1) is 0 Å². The maximum absolute atomic E-state index is 12.8. The van der Waals surface area contributed by atoms with Crippen LogP contribution in [0.15, 0.2) is 60.8 Å². The van der Waals surface area contributed by atoms with E-state index in [0.717, 1.165) is 83.5 Å². The maximum atomic E-state index is 12.8. The number of rotatable bonds is 45. The Balaban J connectivity index is 4.43. The lowest BCUT2D eigenvalue weighted by Crippen LogP contribution is -2.30. The van der Waals surface area contributed by atoms with Crippen LogP contribution in [0.4, 0.5) is 0 Å². The van der Waals surface area contributed by atoms with Crippen molar-refractivity contribution in [1.29, 1.82) is 0 Å². The monoisotopic (exact) mass is 839 g/mol. The van der Waals surface area contributed by atoms with Gasteiger partial charge in [0.1, 0.15) is 13.2 Å². The molecule has 0 fully saturated rings. The number of hydrogen-bond donors (Lipinski definition) is 0. The van der Waals surface area contributed by atoms with Crippen LogP contribution in [0.25, 0.3) is 0 Å². The van der Waals surface area contributed by atoms with Crippen LogP contribution in [0.3, 0.4) is 0 Å². The number of allylic oxidation sites excluding steroid dienone is 10. The lowest BCUT2D eigenvalue weighted by Gasteiger charge is -2.18. The van der Waals surface area contributed by atoms with E-state index in [1.54, 1.807) is 0 Å². The van der Waals surface area contributed by atoms with Crippen LogP contribution in [-0.4, -0.2) is 37.2 Å². The van der Waals surface area contributed by atoms with Gasteiger partial charge in [-0.1, -0.05) is 191 Å². The zero-order valence-corrected chi connectivity index (χ0v) is 39.5. The number of carbonyl (C=O) groups is 3. The third-order valence-corrected chi connectivity index (χ3v) is 10.8. The molecule has 0 bridgehead atoms. The van der Waals surface area contributed by atoms with E-state index < -0.39 is 6.10 Å². The van der Waals surface area contributed by atoms with Gasteiger partial charge < -0.3 is 14.2 Å². The molecule has 0 saturated heterocycles. The molecule has 1 atom stereocenters. The highest BCUT2D eigenvalue weighted by molar-refractivity contribution is 5.71. The van der Waals surface area contributed by atoms with Gasteiger partial charge in [-0.3, -0.25) is 14.4 Å². The van der Waals surface area contributed by atoms with Crippen LogP contribution >= 0.6 is 0 Å². The van der Waals surface area contributed by atoms with Crippen molar-refractivity contribution >= 4 is 17.9 Å². The van der Waals surface area contributed by atoms with Gasteiger partial charge in [-0.25, -0.2) is 0 Å². The van der Waals surface area contributed by atoms with Gasteiger partial charge in [-0.05, 0) is 96.3 Å². The Kier molecular flexibility index (Phi) is 46.4. The minimum Gasteiger partial charge on any atom is -0.462 e. The molecule has 0 aliphatic heterocycles. The van der Waals surface area contributed by atoms with Crippen molar-refractivity contribution in [2.45, 2.75) is 252 Å². The Morgan fingerprint density at radius 2 is 0.600 bits per heavy atom. The Labute approximate surface area is 370 Å². The van der Waals surface area contributed by atoms with Crippen molar-refractivity contribution in [3.05, 3.63) is 60.8 Å². The van der Waals surface area contributed by atoms with Gasteiger partial charge in [-0.2, -0.15) is 0 Å². The number of hydrogen-bond acceptors (Lipinski definition) is 6. The molecule has 6 heteroatoms. The van der Waals surface area contributed by atoms with Gasteiger partial charge in [-0.15, -0.1) is 0 Å². The smallest absolute Gasteiger partial charge is 0.306 e. The first-order valence-electron chi connectivity index (χ1n) is 25.3. The fourth-order valence-corrected chi connectivity index (χ4v) is 6.89. The van der Waals surface area contributed by atoms with Gasteiger partial charge in [0.15, 0.2) is 6.10 Å². The van der Waals surface area contributed by atoms with E-state index >= 15 is 0 Å². The first kappa shape index (κ1) is 57.1. The summed E-state index contributed by atoms with van der Waals surface area (Å²) in [6.45, 7) is 6.53. The zero-order valence-electron chi connectivity index (χ0n) is 39.5. The molecular formula is C54H94O6. The van der Waals surface area contributed by atoms with Crippen molar-refractivity contribution < 1.29 is 28.6 Å². The molecule has 6 nitrogen and oxygen atoms in total. The van der Waals surface area contributed by atoms with Crippen molar-refractivity contribution in [2.24, 2.45) is 0 Å². The summed E-state index contributed by atoms with van der Waals surface area (Å²) < 4.78 is 16.8. The van der Waals surface area contributed by atoms with Crippen molar-refractivity contribution in [3.8, 4) is 0 Å². The van der Waals surface area contributed by atoms with E-state index in [1.165, 1.54) is 122 Å². The molecule has 0 saturated carbocycles. The quantitative estimate of drug-likeness (QED) is 0.0200. The molecule has 0 aromatic carbocycles. The second kappa shape index (κ2) is 48.8. The van der Waals surface area contributed by atoms with Crippen LogP contribution < -0.4 is 0 Å². The van der Waals surface area contributed by atoms with Crippen LogP contribution in [0.1, 0.15) is 245 Å². The Morgan fingerprint density at radius 1 is 0.333 bits per heavy atom. The largest absolute Gasteiger partial charge is 0.462 e. The lowest BCUT2D eigenvalue weighted by molar-refractivity contribution is -0.167. The maximum Gasteiger partial charge on any atom is 0.306 e. The van der Waals surface area contributed by atoms with E-state index in [9.17, 15) is 14.4 Å². The second-order valence-corrected chi connectivity index (χ2v) is 16.8. The first-order chi connectivity index (χ1) is 29.5. The lowest BCUT2D eigenvalue weighted by atomic mass is 10.1. The van der Waals surface area contributed by atoms with E-state index in [2.05, 4.69) is 81.5 Å². The minimum atomic E-state index is -0.787. The summed E-state index contributed by atoms with van der Waals surface area (Å²) in [4.78, 5) is 37.9. The van der Waals surface area contributed by atoms with Crippen LogP contribution in [0.2, 0.25) is 0 Å². The molecule has 0 rings (SSSR count). The minimum absolute atomic E-state index is 0.0873. The molecule has 0 spiro atoms. The molecule has 0 radical (unpaired) electrons. The van der Waals surface area contributed by atoms with E-state index in [0.29, 0.717) is 19.3 Å². The van der Waals surface area contributed by atoms with E-state index in [1.807, 2.05) is 0 Å². The van der Waals surface area contributed by atoms with Crippen molar-refractivity contribution in [1.82, 2.24) is 0 Å². The van der Waals surface area contributed by atoms with E-state index in [4.69, 9.17) is 14.2 Å². The fraction of sp³-hybridized carbons (Fsp3) is 0.759. The van der Waals surface area contributed by atoms with Gasteiger partial charge >= 0.3 is 17.9 Å². The average Bonchev–Trinajstić information content (AvgIpc) is 3.24. The standard InChI is InChI=1S/C54H94O6/c1-4-7-10-13-16-19-22-25-27-29-32-35-38-41-44-47-53(56)59-50-51(49-58-52(55)46-43-40-37-34-31-24-21-18-15-12-9-6-3)60-54(57)48-45-42-39-36-33-30-28-26-23-20-17-14-11-8-5-2/h16-23,25-26,51H,4-15,24,27-50H2,1-3H3/b19-16-,20-17-,21-18-,25-22-,26-23-. The predicted molar refractivity (Wildman–Crippen MR) is 256 cm³/mol. The molecule has 0 aromatic rings. The molecule has 0 aliphatic rings. The third-order valence-electron chi connectivity index (χ3n) is 10.8. The Bertz CT molecular complexity index is 1100. The molecule has 346 valence electrons. The van der Waals surface area contributed by atoms with Gasteiger partial charge in [0, 0.05) is 19.3 Å². The molecule has 0 aliphatic carbocycles. The molecule has 0 amide bonds. The first-order valence-corrected chi connectivity index (χ1v) is 25.3. The van der Waals surface area contributed by atoms with Crippen LogP contribution in [0, 0.1) is 0 Å². The molecule has 1 unspecified atom stereocenters. The normalized spacial score (nSPS) is 12.5. The molecule has 0 N–H and O–H groups in total. The highest BCUT2D eigenvalue weighted by atomic mass is 16.6. The highest BCUT2D eigenvalue weighted by Gasteiger charge is 2.19. The van der Waals surface area contributed by atoms with Gasteiger partial charge in [0.2, 0.25) is 0 Å². The third kappa shape index (κ3) is 46.2. The molecule has 0 aromatic heterocycles. The summed E-state index contributed by atoms with van der Waals surface area (Å²) in [5.41, 5.74) is 0. The Hall–Kier alpha value is -2.89. The Morgan fingerprint density at radius 3 is 0.933 bits per heavy atom. The predicted octanol–water partition coefficient (Wildman–Crippen LogP) is 16.5. The SMILES string of the molecule is CCCCC/C=C\C=C/CCCCCCCCC(=O)OCC(COC(=O)CCCCCCC/C=C\CCCCC)OC(=O)CCCCCCCC/C=C\C=C/CCCCC. The highest BCUT2D eigenvalue weighted by Crippen LogP contribution is 2.14. The summed E-state index contributed by atoms with van der Waals surface area (Å²) in [6, 6.07) is 0. The van der Waals surface area contributed by atoms with Crippen LogP contribution in [-0.2, 0) is 28.6 Å². The summed E-state index contributed by atoms with van der Waals surface area (Å²) in [5.74, 6) is -0.917. The number of carbonyl (C=O) groups excluding carboxylic acids is 3. The van der Waals surface area contributed by atoms with E-state index in [-0.39, 0.29) is 31.1 Å². The zero-order chi connectivity index (χ0) is 43.7. The average molecular weight is 839 g/mol. The molecule has 0 heterocycles. The molecular weight excluding hydrogens is 745 g/mol. The molecule has 60 heavy (non-hydrogen) atoms. The number of ether oxygens (including phenoxy) is 3. The summed E-state index contributed by atoms with van der Waals surface area (Å²) in [5, 5.41) is 0. The second-order valence-electron chi connectivity index (χ2n) is 16.8. The van der Waals surface area contributed by atoms with Gasteiger partial charge in [0.25, 0.3) is 0 Å². The summed E-state index contributed by atoms with van der Waals surface area (Å²) >= 11 is 0. The summed E-state index contributed by atoms with van der Waals surface area (Å²) in [6.07, 6.45) is 59.1. The summed E-state index contributed by atoms with van der Waals surface area (Å²) in [7, 11) is 0. The van der Waals surface area contributed by atoms with Crippen molar-refractivity contribution in [3.63, 3.8) is 0 Å². The topological polar surface area (TPSA) is 78.9 Å². The number of esters is 3. The number of unbranched alkanes of at least 4 members (excludes halogenated alkanes) is 26.